The molecule has 0 fully saturated rings. The molecule has 0 saturated heterocycles. The molecular weight excluding hydrogens is 248 g/mol. The van der Waals surface area contributed by atoms with Crippen molar-refractivity contribution in [2.24, 2.45) is 0 Å². The minimum Gasteiger partial charge on any atom is -0.475 e. The number of carbonyl (C=O) groups is 1. The largest absolute Gasteiger partial charge is 0.475 e. The van der Waals surface area contributed by atoms with Crippen LogP contribution in [0.4, 0.5) is 0 Å². The van der Waals surface area contributed by atoms with Gasteiger partial charge in [-0.3, -0.25) is 4.79 Å². The second kappa shape index (κ2) is 5.89. The predicted octanol–water partition coefficient (Wildman–Crippen LogP) is 0.312. The summed E-state index contributed by atoms with van der Waals surface area (Å²) in [6.45, 7) is 4.11. The molecule has 0 unspecified atom stereocenters. The smallest absolute Gasteiger partial charge is 0.293 e. The number of ether oxygens (including phenoxy) is 1. The summed E-state index contributed by atoms with van der Waals surface area (Å²) in [5, 5.41) is 15.4. The zero-order valence-electron chi connectivity index (χ0n) is 10.6. The molecule has 2 N–H and O–H groups in total. The number of hydrogen-bond acceptors (Lipinski definition) is 6. The molecule has 19 heavy (non-hydrogen) atoms. The van der Waals surface area contributed by atoms with Crippen molar-refractivity contribution in [3.63, 3.8) is 0 Å². The molecule has 1 amide bonds. The third-order valence-corrected chi connectivity index (χ3v) is 2.19. The van der Waals surface area contributed by atoms with Crippen LogP contribution >= 0.6 is 0 Å². The van der Waals surface area contributed by atoms with Crippen molar-refractivity contribution in [1.29, 1.82) is 0 Å². The highest BCUT2D eigenvalue weighted by Crippen LogP contribution is 2.15. The van der Waals surface area contributed by atoms with Crippen LogP contribution in [0.1, 0.15) is 30.0 Å². The Morgan fingerprint density at radius 3 is 3.05 bits per heavy atom. The fourth-order valence-corrected chi connectivity index (χ4v) is 1.40. The summed E-state index contributed by atoms with van der Waals surface area (Å²) in [6, 6.07) is 3.62. The second-order valence-electron chi connectivity index (χ2n) is 4.05. The highest BCUT2D eigenvalue weighted by molar-refractivity contribution is 5.89. The van der Waals surface area contributed by atoms with Gasteiger partial charge in [-0.15, -0.1) is 10.2 Å². The Morgan fingerprint density at radius 1 is 1.53 bits per heavy atom. The third-order valence-electron chi connectivity index (χ3n) is 2.19. The lowest BCUT2D eigenvalue weighted by Gasteiger charge is -2.12. The number of nitrogens with one attached hydrogen (secondary N) is 2. The van der Waals surface area contributed by atoms with Gasteiger partial charge < -0.3 is 10.1 Å². The molecule has 2 aromatic heterocycles. The maximum Gasteiger partial charge on any atom is 0.293 e. The van der Waals surface area contributed by atoms with Gasteiger partial charge in [-0.1, -0.05) is 6.07 Å². The van der Waals surface area contributed by atoms with E-state index < -0.39 is 5.91 Å². The van der Waals surface area contributed by atoms with Crippen molar-refractivity contribution >= 4 is 5.91 Å². The fraction of sp³-hybridized carbons (Fsp3) is 0.364. The zero-order chi connectivity index (χ0) is 13.7. The van der Waals surface area contributed by atoms with E-state index in [0.717, 1.165) is 5.56 Å². The molecule has 8 nitrogen and oxygen atoms in total. The standard InChI is InChI=1S/C11H14N6O2/c1-7(2)19-11-8(4-3-5-12-11)6-13-10(18)9-14-16-17-15-9/h3-5,7H,6H2,1-2H3,(H,13,18)(H,14,15,16,17). The first-order valence-corrected chi connectivity index (χ1v) is 5.79. The number of nitrogens with zero attached hydrogens (tertiary/aromatic N) is 4. The Kier molecular flexibility index (Phi) is 4.01. The quantitative estimate of drug-likeness (QED) is 0.803. The normalized spacial score (nSPS) is 10.5. The monoisotopic (exact) mass is 262 g/mol. The van der Waals surface area contributed by atoms with E-state index in [1.807, 2.05) is 19.9 Å². The van der Waals surface area contributed by atoms with E-state index in [4.69, 9.17) is 4.74 Å². The Labute approximate surface area is 109 Å². The number of hydrogen-bond donors (Lipinski definition) is 2. The van der Waals surface area contributed by atoms with Crippen LogP contribution in [-0.4, -0.2) is 37.6 Å². The van der Waals surface area contributed by atoms with Crippen LogP contribution in [0.25, 0.3) is 0 Å². The van der Waals surface area contributed by atoms with E-state index >= 15 is 0 Å². The maximum atomic E-state index is 11.7. The second-order valence-corrected chi connectivity index (χ2v) is 4.05. The lowest BCUT2D eigenvalue weighted by Crippen LogP contribution is -2.24. The first-order chi connectivity index (χ1) is 9.16. The van der Waals surface area contributed by atoms with Crippen LogP contribution in [0.5, 0.6) is 5.88 Å². The highest BCUT2D eigenvalue weighted by Gasteiger charge is 2.12. The van der Waals surface area contributed by atoms with Crippen molar-refractivity contribution in [3.8, 4) is 5.88 Å². The van der Waals surface area contributed by atoms with Gasteiger partial charge in [0.1, 0.15) is 0 Å². The molecule has 0 spiro atoms. The molecule has 0 radical (unpaired) electrons. The summed E-state index contributed by atoms with van der Waals surface area (Å²) < 4.78 is 5.56. The molecule has 2 rings (SSSR count). The predicted molar refractivity (Wildman–Crippen MR) is 65.3 cm³/mol. The average molecular weight is 262 g/mol. The topological polar surface area (TPSA) is 106 Å². The van der Waals surface area contributed by atoms with Crippen molar-refractivity contribution in [2.75, 3.05) is 0 Å². The van der Waals surface area contributed by atoms with E-state index in [1.54, 1.807) is 12.3 Å². The minimum absolute atomic E-state index is 0.00443. The minimum atomic E-state index is -0.409. The molecule has 2 heterocycles. The summed E-state index contributed by atoms with van der Waals surface area (Å²) in [6.07, 6.45) is 1.66. The highest BCUT2D eigenvalue weighted by atomic mass is 16.5. The number of aromatic amines is 1. The molecule has 0 bridgehead atoms. The van der Waals surface area contributed by atoms with Crippen LogP contribution in [0, 0.1) is 0 Å². The number of amides is 1. The number of aromatic nitrogens is 5. The third kappa shape index (κ3) is 3.47. The van der Waals surface area contributed by atoms with Crippen LogP contribution in [0.2, 0.25) is 0 Å². The van der Waals surface area contributed by atoms with Gasteiger partial charge in [0.2, 0.25) is 5.88 Å². The molecule has 100 valence electrons. The van der Waals surface area contributed by atoms with Gasteiger partial charge in [-0.05, 0) is 25.1 Å². The summed E-state index contributed by atoms with van der Waals surface area (Å²) in [4.78, 5) is 15.8. The maximum absolute atomic E-state index is 11.7. The Bertz CT molecular complexity index is 540. The van der Waals surface area contributed by atoms with Gasteiger partial charge in [-0.2, -0.15) is 5.21 Å². The van der Waals surface area contributed by atoms with E-state index in [1.165, 1.54) is 0 Å². The van der Waals surface area contributed by atoms with Gasteiger partial charge in [0.05, 0.1) is 6.10 Å². The Balaban J connectivity index is 2.01. The van der Waals surface area contributed by atoms with Crippen molar-refractivity contribution in [3.05, 3.63) is 29.7 Å². The molecule has 0 saturated carbocycles. The summed E-state index contributed by atoms with van der Waals surface area (Å²) in [7, 11) is 0. The van der Waals surface area contributed by atoms with Crippen molar-refractivity contribution in [1.82, 2.24) is 30.9 Å². The summed E-state index contributed by atoms with van der Waals surface area (Å²) in [5.41, 5.74) is 0.785. The van der Waals surface area contributed by atoms with E-state index in [0.29, 0.717) is 5.88 Å². The van der Waals surface area contributed by atoms with Crippen molar-refractivity contribution in [2.45, 2.75) is 26.5 Å². The molecule has 0 aliphatic carbocycles. The summed E-state index contributed by atoms with van der Waals surface area (Å²) >= 11 is 0. The first-order valence-electron chi connectivity index (χ1n) is 5.79. The molecule has 8 heteroatoms. The Hall–Kier alpha value is -2.51. The van der Waals surface area contributed by atoms with Crippen LogP contribution in [0.3, 0.4) is 0 Å². The van der Waals surface area contributed by atoms with Crippen LogP contribution in [-0.2, 0) is 6.54 Å². The van der Waals surface area contributed by atoms with Crippen LogP contribution < -0.4 is 10.1 Å². The molecule has 2 aromatic rings. The van der Waals surface area contributed by atoms with Gasteiger partial charge >= 0.3 is 0 Å². The number of tetrazole rings is 1. The number of carbonyl (C=O) groups excluding carboxylic acids is 1. The molecule has 0 atom stereocenters. The average Bonchev–Trinajstić information content (AvgIpc) is 2.90. The van der Waals surface area contributed by atoms with Gasteiger partial charge in [0, 0.05) is 18.3 Å². The Morgan fingerprint density at radius 2 is 2.37 bits per heavy atom. The van der Waals surface area contributed by atoms with E-state index in [2.05, 4.69) is 30.9 Å². The number of pyridine rings is 1. The number of H-pyrrole nitrogens is 1. The van der Waals surface area contributed by atoms with Gasteiger partial charge in [-0.25, -0.2) is 4.98 Å². The van der Waals surface area contributed by atoms with Gasteiger partial charge in [0.15, 0.2) is 0 Å². The zero-order valence-corrected chi connectivity index (χ0v) is 10.6. The number of rotatable bonds is 5. The lowest BCUT2D eigenvalue weighted by molar-refractivity contribution is 0.0940. The lowest BCUT2D eigenvalue weighted by atomic mass is 10.2. The molecule has 0 aromatic carbocycles. The van der Waals surface area contributed by atoms with Gasteiger partial charge in [0.25, 0.3) is 11.7 Å². The summed E-state index contributed by atoms with van der Waals surface area (Å²) in [5.74, 6) is 0.0919. The molecular formula is C11H14N6O2. The molecule has 0 aliphatic heterocycles. The first kappa shape index (κ1) is 12.9. The van der Waals surface area contributed by atoms with E-state index in [9.17, 15) is 4.79 Å². The SMILES string of the molecule is CC(C)Oc1ncccc1CNC(=O)c1nn[nH]n1. The van der Waals surface area contributed by atoms with Crippen molar-refractivity contribution < 1.29 is 9.53 Å². The molecule has 0 aliphatic rings. The van der Waals surface area contributed by atoms with E-state index in [-0.39, 0.29) is 18.5 Å². The fourth-order valence-electron chi connectivity index (χ4n) is 1.40. The van der Waals surface area contributed by atoms with Crippen LogP contribution in [0.15, 0.2) is 18.3 Å².